The Kier molecular flexibility index (Phi) is 3.86. The Bertz CT molecular complexity index is 709. The molecule has 0 unspecified atom stereocenters. The van der Waals surface area contributed by atoms with Gasteiger partial charge in [-0.25, -0.2) is 0 Å². The summed E-state index contributed by atoms with van der Waals surface area (Å²) in [7, 11) is 0. The summed E-state index contributed by atoms with van der Waals surface area (Å²) in [5.41, 5.74) is 1.37. The summed E-state index contributed by atoms with van der Waals surface area (Å²) in [5.74, 6) is 0. The lowest BCUT2D eigenvalue weighted by atomic mass is 10.00. The summed E-state index contributed by atoms with van der Waals surface area (Å²) in [6.07, 6.45) is 0. The molecule has 0 fully saturated rings. The van der Waals surface area contributed by atoms with E-state index < -0.39 is 0 Å². The Hall–Kier alpha value is -1.64. The van der Waals surface area contributed by atoms with Crippen LogP contribution in [-0.2, 0) is 6.54 Å². The van der Waals surface area contributed by atoms with Gasteiger partial charge in [0.15, 0.2) is 0 Å². The van der Waals surface area contributed by atoms with Crippen molar-refractivity contribution in [2.75, 3.05) is 0 Å². The van der Waals surface area contributed by atoms with Crippen molar-refractivity contribution < 1.29 is 0 Å². The SMILES string of the molecule is Cc1ccc(CN[C@@H](C)c2cccc3ccccc23)s1. The summed E-state index contributed by atoms with van der Waals surface area (Å²) in [6.45, 7) is 5.33. The number of aryl methyl sites for hydroxylation is 1. The molecule has 0 aliphatic rings. The molecule has 0 radical (unpaired) electrons. The van der Waals surface area contributed by atoms with E-state index in [2.05, 4.69) is 73.8 Å². The minimum atomic E-state index is 0.350. The molecule has 0 spiro atoms. The molecule has 0 aliphatic heterocycles. The molecule has 1 aromatic heterocycles. The average molecular weight is 281 g/mol. The lowest BCUT2D eigenvalue weighted by Crippen LogP contribution is -2.17. The minimum absolute atomic E-state index is 0.350. The second-order valence-corrected chi connectivity index (χ2v) is 6.56. The highest BCUT2D eigenvalue weighted by Crippen LogP contribution is 2.24. The Labute approximate surface area is 124 Å². The highest BCUT2D eigenvalue weighted by molar-refractivity contribution is 7.11. The van der Waals surface area contributed by atoms with Gasteiger partial charge in [-0.15, -0.1) is 11.3 Å². The van der Waals surface area contributed by atoms with Crippen LogP contribution in [0, 0.1) is 6.92 Å². The highest BCUT2D eigenvalue weighted by atomic mass is 32.1. The second-order valence-electron chi connectivity index (χ2n) is 5.18. The van der Waals surface area contributed by atoms with Crippen molar-refractivity contribution in [1.29, 1.82) is 0 Å². The second kappa shape index (κ2) is 5.78. The maximum atomic E-state index is 3.63. The van der Waals surface area contributed by atoms with Crippen LogP contribution in [0.1, 0.15) is 28.3 Å². The van der Waals surface area contributed by atoms with Gasteiger partial charge in [-0.2, -0.15) is 0 Å². The lowest BCUT2D eigenvalue weighted by Gasteiger charge is -2.16. The molecule has 3 aromatic rings. The van der Waals surface area contributed by atoms with Gasteiger partial charge in [0.25, 0.3) is 0 Å². The van der Waals surface area contributed by atoms with Gasteiger partial charge in [-0.05, 0) is 42.3 Å². The van der Waals surface area contributed by atoms with E-state index in [1.807, 2.05) is 11.3 Å². The number of hydrogen-bond donors (Lipinski definition) is 1. The number of hydrogen-bond acceptors (Lipinski definition) is 2. The summed E-state index contributed by atoms with van der Waals surface area (Å²) in [5, 5.41) is 6.29. The van der Waals surface area contributed by atoms with Gasteiger partial charge in [0.05, 0.1) is 0 Å². The molecular weight excluding hydrogens is 262 g/mol. The number of fused-ring (bicyclic) bond motifs is 1. The van der Waals surface area contributed by atoms with Crippen LogP contribution >= 0.6 is 11.3 Å². The van der Waals surface area contributed by atoms with Crippen LogP contribution in [0.3, 0.4) is 0 Å². The fourth-order valence-corrected chi connectivity index (χ4v) is 3.41. The predicted molar refractivity (Wildman–Crippen MR) is 88.3 cm³/mol. The van der Waals surface area contributed by atoms with Gasteiger partial charge >= 0.3 is 0 Å². The van der Waals surface area contributed by atoms with E-state index >= 15 is 0 Å². The molecule has 1 atom stereocenters. The normalized spacial score (nSPS) is 12.7. The number of thiophene rings is 1. The highest BCUT2D eigenvalue weighted by Gasteiger charge is 2.08. The molecule has 20 heavy (non-hydrogen) atoms. The first kappa shape index (κ1) is 13.3. The molecule has 1 N–H and O–H groups in total. The molecule has 3 rings (SSSR count). The Balaban J connectivity index is 1.80. The molecular formula is C18H19NS. The summed E-state index contributed by atoms with van der Waals surface area (Å²) < 4.78 is 0. The van der Waals surface area contributed by atoms with E-state index in [1.165, 1.54) is 26.1 Å². The Morgan fingerprint density at radius 2 is 1.80 bits per heavy atom. The molecule has 1 heterocycles. The van der Waals surface area contributed by atoms with E-state index in [1.54, 1.807) is 0 Å². The van der Waals surface area contributed by atoms with Crippen molar-refractivity contribution in [2.45, 2.75) is 26.4 Å². The predicted octanol–water partition coefficient (Wildman–Crippen LogP) is 5.06. The maximum absolute atomic E-state index is 3.63. The zero-order valence-electron chi connectivity index (χ0n) is 11.9. The van der Waals surface area contributed by atoms with Crippen LogP contribution < -0.4 is 5.32 Å². The zero-order chi connectivity index (χ0) is 13.9. The van der Waals surface area contributed by atoms with Gasteiger partial charge in [0.2, 0.25) is 0 Å². The Morgan fingerprint density at radius 3 is 2.60 bits per heavy atom. The van der Waals surface area contributed by atoms with Crippen molar-refractivity contribution in [3.05, 3.63) is 69.9 Å². The minimum Gasteiger partial charge on any atom is -0.305 e. The van der Waals surface area contributed by atoms with Gasteiger partial charge in [-0.1, -0.05) is 42.5 Å². The van der Waals surface area contributed by atoms with E-state index in [0.29, 0.717) is 6.04 Å². The molecule has 2 heteroatoms. The van der Waals surface area contributed by atoms with Crippen molar-refractivity contribution in [3.8, 4) is 0 Å². The van der Waals surface area contributed by atoms with Gasteiger partial charge in [0.1, 0.15) is 0 Å². The third-order valence-corrected chi connectivity index (χ3v) is 4.67. The van der Waals surface area contributed by atoms with Gasteiger partial charge < -0.3 is 5.32 Å². The van der Waals surface area contributed by atoms with Crippen LogP contribution in [0.15, 0.2) is 54.6 Å². The smallest absolute Gasteiger partial charge is 0.0305 e. The molecule has 2 aromatic carbocycles. The first-order valence-electron chi connectivity index (χ1n) is 7.00. The first-order valence-corrected chi connectivity index (χ1v) is 7.82. The van der Waals surface area contributed by atoms with Crippen molar-refractivity contribution in [2.24, 2.45) is 0 Å². The van der Waals surface area contributed by atoms with Gasteiger partial charge in [0, 0.05) is 22.3 Å². The lowest BCUT2D eigenvalue weighted by molar-refractivity contribution is 0.582. The first-order chi connectivity index (χ1) is 9.74. The van der Waals surface area contributed by atoms with Crippen LogP contribution in [-0.4, -0.2) is 0 Å². The van der Waals surface area contributed by atoms with Crippen LogP contribution in [0.4, 0.5) is 0 Å². The van der Waals surface area contributed by atoms with E-state index in [4.69, 9.17) is 0 Å². The van der Waals surface area contributed by atoms with Crippen molar-refractivity contribution in [3.63, 3.8) is 0 Å². The van der Waals surface area contributed by atoms with Crippen LogP contribution in [0.2, 0.25) is 0 Å². The van der Waals surface area contributed by atoms with Crippen molar-refractivity contribution in [1.82, 2.24) is 5.32 Å². The fourth-order valence-electron chi connectivity index (χ4n) is 2.57. The van der Waals surface area contributed by atoms with Crippen molar-refractivity contribution >= 4 is 22.1 Å². The summed E-state index contributed by atoms with van der Waals surface area (Å²) in [6, 6.07) is 19.9. The molecule has 0 aliphatic carbocycles. The van der Waals surface area contributed by atoms with Gasteiger partial charge in [-0.3, -0.25) is 0 Å². The fraction of sp³-hybridized carbons (Fsp3) is 0.222. The molecule has 102 valence electrons. The molecule has 0 bridgehead atoms. The van der Waals surface area contributed by atoms with E-state index in [9.17, 15) is 0 Å². The largest absolute Gasteiger partial charge is 0.305 e. The maximum Gasteiger partial charge on any atom is 0.0305 e. The van der Waals surface area contributed by atoms with Crippen LogP contribution in [0.5, 0.6) is 0 Å². The van der Waals surface area contributed by atoms with Crippen LogP contribution in [0.25, 0.3) is 10.8 Å². The molecule has 1 nitrogen and oxygen atoms in total. The topological polar surface area (TPSA) is 12.0 Å². The quantitative estimate of drug-likeness (QED) is 0.704. The Morgan fingerprint density at radius 1 is 1.00 bits per heavy atom. The average Bonchev–Trinajstić information content (AvgIpc) is 2.90. The standard InChI is InChI=1S/C18H19NS/c1-13-10-11-16(20-13)12-19-14(2)17-9-5-7-15-6-3-4-8-18(15)17/h3-11,14,19H,12H2,1-2H3/t14-/m0/s1. The van der Waals surface area contributed by atoms with E-state index in [-0.39, 0.29) is 0 Å². The monoisotopic (exact) mass is 281 g/mol. The molecule has 0 saturated heterocycles. The zero-order valence-corrected chi connectivity index (χ0v) is 12.7. The molecule has 0 saturated carbocycles. The third kappa shape index (κ3) is 2.77. The number of nitrogens with one attached hydrogen (secondary N) is 1. The third-order valence-electron chi connectivity index (χ3n) is 3.67. The van der Waals surface area contributed by atoms with E-state index in [0.717, 1.165) is 6.54 Å². The number of rotatable bonds is 4. The molecule has 0 amide bonds. The summed E-state index contributed by atoms with van der Waals surface area (Å²) >= 11 is 1.87. The summed E-state index contributed by atoms with van der Waals surface area (Å²) in [4.78, 5) is 2.77. The number of benzene rings is 2.